The van der Waals surface area contributed by atoms with Gasteiger partial charge in [0, 0.05) is 24.1 Å². The van der Waals surface area contributed by atoms with Gasteiger partial charge in [-0.3, -0.25) is 4.79 Å². The first-order valence-electron chi connectivity index (χ1n) is 6.22. The van der Waals surface area contributed by atoms with Gasteiger partial charge in [0.2, 0.25) is 0 Å². The van der Waals surface area contributed by atoms with Crippen molar-refractivity contribution in [2.45, 2.75) is 13.0 Å². The number of nitrogens with zero attached hydrogens (tertiary/aromatic N) is 1. The van der Waals surface area contributed by atoms with Crippen molar-refractivity contribution < 1.29 is 14.6 Å². The van der Waals surface area contributed by atoms with E-state index >= 15 is 0 Å². The first kappa shape index (κ1) is 14.4. The van der Waals surface area contributed by atoms with Crippen LogP contribution in [0.25, 0.3) is 0 Å². The van der Waals surface area contributed by atoms with Gasteiger partial charge in [0.25, 0.3) is 5.91 Å². The summed E-state index contributed by atoms with van der Waals surface area (Å²) in [4.78, 5) is 14.6. The van der Waals surface area contributed by atoms with Crippen molar-refractivity contribution in [3.63, 3.8) is 0 Å². The van der Waals surface area contributed by atoms with Crippen molar-refractivity contribution in [2.75, 3.05) is 14.2 Å². The Bertz CT molecular complexity index is 609. The first-order valence-corrected chi connectivity index (χ1v) is 7.10. The third kappa shape index (κ3) is 2.77. The molecule has 0 radical (unpaired) electrons. The van der Waals surface area contributed by atoms with E-state index in [0.717, 1.165) is 5.56 Å². The quantitative estimate of drug-likeness (QED) is 0.940. The number of para-hydroxylation sites is 1. The van der Waals surface area contributed by atoms with E-state index in [1.165, 1.54) is 11.3 Å². The molecule has 0 fully saturated rings. The summed E-state index contributed by atoms with van der Waals surface area (Å²) >= 11 is 1.35. The van der Waals surface area contributed by atoms with Crippen LogP contribution in [0.15, 0.2) is 35.7 Å². The Morgan fingerprint density at radius 1 is 1.40 bits per heavy atom. The number of carbonyl (C=O) groups is 1. The maximum Gasteiger partial charge on any atom is 0.264 e. The van der Waals surface area contributed by atoms with E-state index in [9.17, 15) is 9.90 Å². The molecule has 1 aromatic carbocycles. The van der Waals surface area contributed by atoms with Crippen LogP contribution in [0.4, 0.5) is 0 Å². The molecule has 1 atom stereocenters. The average Bonchev–Trinajstić information content (AvgIpc) is 2.94. The second-order valence-electron chi connectivity index (χ2n) is 4.50. The molecular formula is C15H17NO3S. The highest BCUT2D eigenvalue weighted by Gasteiger charge is 2.22. The van der Waals surface area contributed by atoms with Crippen LogP contribution < -0.4 is 4.74 Å². The molecule has 20 heavy (non-hydrogen) atoms. The SMILES string of the molecule is COc1csc(C(=O)N(C)C(C)c2ccccc2O)c1. The highest BCUT2D eigenvalue weighted by molar-refractivity contribution is 7.12. The Kier molecular flexibility index (Phi) is 4.29. The fourth-order valence-electron chi connectivity index (χ4n) is 1.94. The van der Waals surface area contributed by atoms with Gasteiger partial charge in [-0.2, -0.15) is 0 Å². The van der Waals surface area contributed by atoms with Gasteiger partial charge in [0.1, 0.15) is 11.5 Å². The molecule has 0 aliphatic carbocycles. The van der Waals surface area contributed by atoms with E-state index in [0.29, 0.717) is 10.6 Å². The van der Waals surface area contributed by atoms with Gasteiger partial charge in [-0.05, 0) is 13.0 Å². The number of benzene rings is 1. The molecule has 0 spiro atoms. The van der Waals surface area contributed by atoms with E-state index in [2.05, 4.69) is 0 Å². The largest absolute Gasteiger partial charge is 0.508 e. The molecular weight excluding hydrogens is 274 g/mol. The lowest BCUT2D eigenvalue weighted by atomic mass is 10.1. The van der Waals surface area contributed by atoms with Crippen molar-refractivity contribution in [1.29, 1.82) is 0 Å². The molecule has 1 amide bonds. The smallest absolute Gasteiger partial charge is 0.264 e. The summed E-state index contributed by atoms with van der Waals surface area (Å²) < 4.78 is 5.09. The van der Waals surface area contributed by atoms with Crippen LogP contribution in [0.2, 0.25) is 0 Å². The number of hydrogen-bond acceptors (Lipinski definition) is 4. The molecule has 5 heteroatoms. The van der Waals surface area contributed by atoms with E-state index in [1.807, 2.05) is 19.1 Å². The number of phenolic OH excluding ortho intramolecular Hbond substituents is 1. The Morgan fingerprint density at radius 3 is 2.70 bits per heavy atom. The molecule has 1 unspecified atom stereocenters. The lowest BCUT2D eigenvalue weighted by Crippen LogP contribution is -2.29. The highest BCUT2D eigenvalue weighted by Crippen LogP contribution is 2.30. The van der Waals surface area contributed by atoms with Crippen LogP contribution in [0, 0.1) is 0 Å². The standard InChI is InChI=1S/C15H17NO3S/c1-10(12-6-4-5-7-13(12)17)16(2)15(18)14-8-11(19-3)9-20-14/h4-10,17H,1-3H3. The van der Waals surface area contributed by atoms with E-state index in [1.54, 1.807) is 42.6 Å². The number of carbonyl (C=O) groups excluding carboxylic acids is 1. The molecule has 1 aromatic heterocycles. The van der Waals surface area contributed by atoms with Crippen molar-refractivity contribution in [2.24, 2.45) is 0 Å². The van der Waals surface area contributed by atoms with Gasteiger partial charge in [0.15, 0.2) is 0 Å². The topological polar surface area (TPSA) is 49.8 Å². The van der Waals surface area contributed by atoms with Crippen molar-refractivity contribution in [1.82, 2.24) is 4.90 Å². The zero-order chi connectivity index (χ0) is 14.7. The predicted molar refractivity (Wildman–Crippen MR) is 79.5 cm³/mol. The summed E-state index contributed by atoms with van der Waals surface area (Å²) in [6.45, 7) is 1.89. The van der Waals surface area contributed by atoms with Crippen molar-refractivity contribution in [3.8, 4) is 11.5 Å². The summed E-state index contributed by atoms with van der Waals surface area (Å²) in [6.07, 6.45) is 0. The molecule has 0 saturated carbocycles. The van der Waals surface area contributed by atoms with Gasteiger partial charge in [-0.1, -0.05) is 18.2 Å². The number of amides is 1. The van der Waals surface area contributed by atoms with Crippen LogP contribution >= 0.6 is 11.3 Å². The lowest BCUT2D eigenvalue weighted by molar-refractivity contribution is 0.0746. The predicted octanol–water partition coefficient (Wildman–Crippen LogP) is 3.30. The van der Waals surface area contributed by atoms with E-state index < -0.39 is 0 Å². The Morgan fingerprint density at radius 2 is 2.10 bits per heavy atom. The minimum atomic E-state index is -0.211. The summed E-state index contributed by atoms with van der Waals surface area (Å²) in [6, 6.07) is 8.56. The lowest BCUT2D eigenvalue weighted by Gasteiger charge is -2.25. The Balaban J connectivity index is 2.20. The molecule has 1 N–H and O–H groups in total. The van der Waals surface area contributed by atoms with Gasteiger partial charge < -0.3 is 14.7 Å². The monoisotopic (exact) mass is 291 g/mol. The maximum atomic E-state index is 12.4. The van der Waals surface area contributed by atoms with Crippen molar-refractivity contribution in [3.05, 3.63) is 46.2 Å². The number of thiophene rings is 1. The van der Waals surface area contributed by atoms with Gasteiger partial charge in [-0.15, -0.1) is 11.3 Å². The van der Waals surface area contributed by atoms with Crippen LogP contribution in [-0.4, -0.2) is 30.1 Å². The third-order valence-electron chi connectivity index (χ3n) is 3.31. The first-order chi connectivity index (χ1) is 9.54. The fourth-order valence-corrected chi connectivity index (χ4v) is 2.77. The third-order valence-corrected chi connectivity index (χ3v) is 4.21. The molecule has 0 aliphatic heterocycles. The summed E-state index contributed by atoms with van der Waals surface area (Å²) in [5.74, 6) is 0.791. The summed E-state index contributed by atoms with van der Waals surface area (Å²) in [5, 5.41) is 11.7. The van der Waals surface area contributed by atoms with Crippen molar-refractivity contribution >= 4 is 17.2 Å². The van der Waals surface area contributed by atoms with Gasteiger partial charge in [-0.25, -0.2) is 0 Å². The Hall–Kier alpha value is -2.01. The highest BCUT2D eigenvalue weighted by atomic mass is 32.1. The molecule has 1 heterocycles. The normalized spacial score (nSPS) is 11.9. The molecule has 0 bridgehead atoms. The van der Waals surface area contributed by atoms with Gasteiger partial charge >= 0.3 is 0 Å². The molecule has 4 nitrogen and oxygen atoms in total. The van der Waals surface area contributed by atoms with Crippen LogP contribution in [0.1, 0.15) is 28.2 Å². The van der Waals surface area contributed by atoms with Crippen LogP contribution in [-0.2, 0) is 0 Å². The number of hydrogen-bond donors (Lipinski definition) is 1. The zero-order valence-electron chi connectivity index (χ0n) is 11.7. The minimum absolute atomic E-state index is 0.0888. The van der Waals surface area contributed by atoms with Crippen LogP contribution in [0.5, 0.6) is 11.5 Å². The maximum absolute atomic E-state index is 12.4. The minimum Gasteiger partial charge on any atom is -0.508 e. The number of rotatable bonds is 4. The van der Waals surface area contributed by atoms with E-state index in [4.69, 9.17) is 4.74 Å². The molecule has 0 aliphatic rings. The second kappa shape index (κ2) is 5.96. The molecule has 0 saturated heterocycles. The van der Waals surface area contributed by atoms with Crippen LogP contribution in [0.3, 0.4) is 0 Å². The molecule has 2 aromatic rings. The number of ether oxygens (including phenoxy) is 1. The summed E-state index contributed by atoms with van der Waals surface area (Å²) in [5.41, 5.74) is 0.729. The number of aromatic hydroxyl groups is 1. The Labute approximate surface area is 122 Å². The summed E-state index contributed by atoms with van der Waals surface area (Å²) in [7, 11) is 3.30. The fraction of sp³-hybridized carbons (Fsp3) is 0.267. The number of phenols is 1. The second-order valence-corrected chi connectivity index (χ2v) is 5.41. The zero-order valence-corrected chi connectivity index (χ0v) is 12.5. The average molecular weight is 291 g/mol. The molecule has 2 rings (SSSR count). The van der Waals surface area contributed by atoms with E-state index in [-0.39, 0.29) is 17.7 Å². The van der Waals surface area contributed by atoms with Gasteiger partial charge in [0.05, 0.1) is 18.0 Å². The number of methoxy groups -OCH3 is 1. The molecule has 106 valence electrons.